The van der Waals surface area contributed by atoms with E-state index >= 15 is 0 Å². The first-order valence-electron chi connectivity index (χ1n) is 6.90. The molecule has 1 heterocycles. The smallest absolute Gasteiger partial charge is 0.237 e. The minimum absolute atomic E-state index is 0.0850. The van der Waals surface area contributed by atoms with Gasteiger partial charge in [-0.3, -0.25) is 9.59 Å². The van der Waals surface area contributed by atoms with Gasteiger partial charge in [-0.1, -0.05) is 19.9 Å². The Labute approximate surface area is 117 Å². The first-order chi connectivity index (χ1) is 9.29. The lowest BCUT2D eigenvalue weighted by Crippen LogP contribution is -2.48. The van der Waals surface area contributed by atoms with Crippen molar-refractivity contribution in [2.45, 2.75) is 38.5 Å². The Kier molecular flexibility index (Phi) is 2.59. The third-order valence-corrected chi connectivity index (χ3v) is 4.82. The van der Waals surface area contributed by atoms with Crippen molar-refractivity contribution in [3.8, 4) is 0 Å². The summed E-state index contributed by atoms with van der Waals surface area (Å²) in [4.78, 5) is 26.3. The number of fused-ring (bicyclic) bond motifs is 2. The predicted molar refractivity (Wildman–Crippen MR) is 74.1 cm³/mol. The molecule has 1 fully saturated rings. The second-order valence-corrected chi connectivity index (χ2v) is 6.56. The number of likely N-dealkylation sites (N-methyl/N-ethyl adjacent to an activating group) is 1. The highest BCUT2D eigenvalue weighted by Gasteiger charge is 2.56. The molecule has 1 saturated carbocycles. The maximum absolute atomic E-state index is 14.4. The summed E-state index contributed by atoms with van der Waals surface area (Å²) in [6.07, 6.45) is 1.13. The number of halogens is 1. The van der Waals surface area contributed by atoms with Gasteiger partial charge in [-0.2, -0.15) is 0 Å². The summed E-state index contributed by atoms with van der Waals surface area (Å²) < 4.78 is 14.4. The molecule has 1 atom stereocenters. The molecule has 1 aliphatic heterocycles. The van der Waals surface area contributed by atoms with Crippen LogP contribution in [0.3, 0.4) is 0 Å². The van der Waals surface area contributed by atoms with Crippen LogP contribution >= 0.6 is 0 Å². The van der Waals surface area contributed by atoms with E-state index in [1.165, 1.54) is 11.0 Å². The summed E-state index contributed by atoms with van der Waals surface area (Å²) in [5.74, 6) is -0.271. The number of carbonyl (C=O) groups is 2. The second kappa shape index (κ2) is 3.90. The van der Waals surface area contributed by atoms with Crippen molar-refractivity contribution in [1.82, 2.24) is 0 Å². The van der Waals surface area contributed by atoms with Crippen LogP contribution < -0.4 is 4.90 Å². The molecule has 1 unspecified atom stereocenters. The Bertz CT molecular complexity index is 623. The summed E-state index contributed by atoms with van der Waals surface area (Å²) >= 11 is 0. The fraction of sp³-hybridized carbons (Fsp3) is 0.500. The SMILES string of the molecule is CN1C(=O)C2(CCC(=O)C(C)(C)C2)c2c(F)cccc21. The van der Waals surface area contributed by atoms with Crippen LogP contribution in [0, 0.1) is 11.2 Å². The number of ketones is 1. The van der Waals surface area contributed by atoms with Gasteiger partial charge in [-0.15, -0.1) is 0 Å². The highest BCUT2D eigenvalue weighted by atomic mass is 19.1. The molecular weight excluding hydrogens is 257 g/mol. The van der Waals surface area contributed by atoms with Crippen molar-refractivity contribution in [3.05, 3.63) is 29.6 Å². The Balaban J connectivity index is 2.21. The lowest BCUT2D eigenvalue weighted by molar-refractivity contribution is -0.135. The number of Topliss-reactive ketones (excluding diaryl/α,β-unsaturated/α-hetero) is 1. The van der Waals surface area contributed by atoms with E-state index < -0.39 is 10.8 Å². The standard InChI is InChI=1S/C16H18FNO2/c1-15(2)9-16(8-7-12(15)19)13-10(17)5-4-6-11(13)18(3)14(16)20/h4-6H,7-9H2,1-3H3. The van der Waals surface area contributed by atoms with Crippen molar-refractivity contribution >= 4 is 17.4 Å². The van der Waals surface area contributed by atoms with E-state index in [1.54, 1.807) is 19.2 Å². The lowest BCUT2D eigenvalue weighted by atomic mass is 9.60. The molecule has 0 aromatic heterocycles. The maximum atomic E-state index is 14.4. The number of rotatable bonds is 0. The highest BCUT2D eigenvalue weighted by molar-refractivity contribution is 6.09. The van der Waals surface area contributed by atoms with Crippen LogP contribution in [0.25, 0.3) is 0 Å². The van der Waals surface area contributed by atoms with Gasteiger partial charge < -0.3 is 4.90 Å². The number of hydrogen-bond acceptors (Lipinski definition) is 2. The van der Waals surface area contributed by atoms with Crippen LogP contribution in [0.15, 0.2) is 18.2 Å². The van der Waals surface area contributed by atoms with Crippen molar-refractivity contribution < 1.29 is 14.0 Å². The van der Waals surface area contributed by atoms with Gasteiger partial charge in [0.1, 0.15) is 11.6 Å². The first kappa shape index (κ1) is 13.3. The van der Waals surface area contributed by atoms with Gasteiger partial charge in [0, 0.05) is 24.4 Å². The summed E-state index contributed by atoms with van der Waals surface area (Å²) in [6.45, 7) is 3.70. The fourth-order valence-electron chi connectivity index (χ4n) is 3.81. The van der Waals surface area contributed by atoms with E-state index in [-0.39, 0.29) is 17.5 Å². The van der Waals surface area contributed by atoms with Gasteiger partial charge in [0.25, 0.3) is 0 Å². The highest BCUT2D eigenvalue weighted by Crippen LogP contribution is 2.54. The zero-order chi connectivity index (χ0) is 14.7. The van der Waals surface area contributed by atoms with Gasteiger partial charge in [0.05, 0.1) is 11.1 Å². The molecule has 0 saturated heterocycles. The quantitative estimate of drug-likeness (QED) is 0.730. The molecule has 1 amide bonds. The van der Waals surface area contributed by atoms with Crippen LogP contribution in [0.5, 0.6) is 0 Å². The number of nitrogens with zero attached hydrogens (tertiary/aromatic N) is 1. The third-order valence-electron chi connectivity index (χ3n) is 4.82. The molecule has 0 N–H and O–H groups in total. The molecule has 2 aliphatic rings. The van der Waals surface area contributed by atoms with Crippen LogP contribution in [0.1, 0.15) is 38.7 Å². The normalized spacial score (nSPS) is 28.1. The van der Waals surface area contributed by atoms with Crippen molar-refractivity contribution in [2.75, 3.05) is 11.9 Å². The lowest BCUT2D eigenvalue weighted by Gasteiger charge is -2.40. The largest absolute Gasteiger partial charge is 0.314 e. The molecule has 1 aromatic rings. The van der Waals surface area contributed by atoms with Gasteiger partial charge in [0.2, 0.25) is 5.91 Å². The van der Waals surface area contributed by atoms with Gasteiger partial charge >= 0.3 is 0 Å². The average Bonchev–Trinajstić information content (AvgIpc) is 2.58. The number of anilines is 1. The summed E-state index contributed by atoms with van der Waals surface area (Å²) in [7, 11) is 1.68. The number of amides is 1. The van der Waals surface area contributed by atoms with Gasteiger partial charge in [-0.25, -0.2) is 4.39 Å². The van der Waals surface area contributed by atoms with Crippen molar-refractivity contribution in [2.24, 2.45) is 5.41 Å². The van der Waals surface area contributed by atoms with Crippen LogP contribution in [0.4, 0.5) is 10.1 Å². The van der Waals surface area contributed by atoms with Crippen molar-refractivity contribution in [1.29, 1.82) is 0 Å². The molecular formula is C16H18FNO2. The van der Waals surface area contributed by atoms with Gasteiger partial charge in [0.15, 0.2) is 0 Å². The van der Waals surface area contributed by atoms with E-state index in [9.17, 15) is 14.0 Å². The zero-order valence-corrected chi connectivity index (χ0v) is 12.0. The van der Waals surface area contributed by atoms with Crippen LogP contribution in [-0.2, 0) is 15.0 Å². The number of hydrogen-bond donors (Lipinski definition) is 0. The molecule has 106 valence electrons. The minimum Gasteiger partial charge on any atom is -0.314 e. The summed E-state index contributed by atoms with van der Waals surface area (Å²) in [6, 6.07) is 4.79. The average molecular weight is 275 g/mol. The van der Waals surface area contributed by atoms with E-state index in [0.29, 0.717) is 30.5 Å². The predicted octanol–water partition coefficient (Wildman–Crippen LogP) is 2.82. The Morgan fingerprint density at radius 1 is 1.25 bits per heavy atom. The van der Waals surface area contributed by atoms with E-state index in [4.69, 9.17) is 0 Å². The van der Waals surface area contributed by atoms with Crippen molar-refractivity contribution in [3.63, 3.8) is 0 Å². The Hall–Kier alpha value is -1.71. The fourth-order valence-corrected chi connectivity index (χ4v) is 3.81. The summed E-state index contributed by atoms with van der Waals surface area (Å²) in [5, 5.41) is 0. The Morgan fingerprint density at radius 2 is 1.95 bits per heavy atom. The first-order valence-corrected chi connectivity index (χ1v) is 6.90. The monoisotopic (exact) mass is 275 g/mol. The van der Waals surface area contributed by atoms with E-state index in [0.717, 1.165) is 0 Å². The molecule has 1 spiro atoms. The maximum Gasteiger partial charge on any atom is 0.237 e. The van der Waals surface area contributed by atoms with Crippen LogP contribution in [-0.4, -0.2) is 18.7 Å². The third kappa shape index (κ3) is 1.51. The summed E-state index contributed by atoms with van der Waals surface area (Å²) in [5.41, 5.74) is -0.334. The van der Waals surface area contributed by atoms with E-state index in [1.807, 2.05) is 13.8 Å². The molecule has 3 rings (SSSR count). The number of carbonyl (C=O) groups excluding carboxylic acids is 2. The second-order valence-electron chi connectivity index (χ2n) is 6.56. The van der Waals surface area contributed by atoms with Crippen LogP contribution in [0.2, 0.25) is 0 Å². The molecule has 3 nitrogen and oxygen atoms in total. The molecule has 20 heavy (non-hydrogen) atoms. The topological polar surface area (TPSA) is 37.4 Å². The minimum atomic E-state index is -0.868. The molecule has 0 bridgehead atoms. The van der Waals surface area contributed by atoms with Gasteiger partial charge in [-0.05, 0) is 25.0 Å². The molecule has 1 aromatic carbocycles. The number of benzene rings is 1. The molecule has 0 radical (unpaired) electrons. The van der Waals surface area contributed by atoms with E-state index in [2.05, 4.69) is 0 Å². The zero-order valence-electron chi connectivity index (χ0n) is 12.0. The molecule has 4 heteroatoms. The molecule has 1 aliphatic carbocycles. The Morgan fingerprint density at radius 3 is 2.60 bits per heavy atom.